The summed E-state index contributed by atoms with van der Waals surface area (Å²) in [7, 11) is 0. The maximum atomic E-state index is 5.20. The fraction of sp³-hybridized carbons (Fsp3) is 0. The molecule has 5 nitrogen and oxygen atoms in total. The number of hydrogen-bond acceptors (Lipinski definition) is 2. The lowest BCUT2D eigenvalue weighted by atomic mass is 10.0. The van der Waals surface area contributed by atoms with E-state index in [2.05, 4.69) is 153 Å². The van der Waals surface area contributed by atoms with E-state index in [1.165, 1.54) is 38.1 Å². The molecule has 0 aliphatic rings. The Kier molecular flexibility index (Phi) is 4.78. The smallest absolute Gasteiger partial charge is 0.146 e. The fourth-order valence-electron chi connectivity index (χ4n) is 8.00. The molecule has 0 radical (unpaired) electrons. The molecular weight excluding hydrogens is 574 g/mol. The molecule has 0 aliphatic carbocycles. The fourth-order valence-corrected chi connectivity index (χ4v) is 8.00. The van der Waals surface area contributed by atoms with Crippen molar-refractivity contribution in [1.29, 1.82) is 0 Å². The third-order valence-corrected chi connectivity index (χ3v) is 9.82. The number of rotatable bonds is 2. The van der Waals surface area contributed by atoms with Crippen LogP contribution in [0.25, 0.3) is 93.5 Å². The summed E-state index contributed by atoms with van der Waals surface area (Å²) >= 11 is 0. The number of imidazole rings is 1. The molecule has 5 heteroatoms. The highest BCUT2D eigenvalue weighted by atomic mass is 15.0. The van der Waals surface area contributed by atoms with Crippen molar-refractivity contribution < 1.29 is 0 Å². The third-order valence-electron chi connectivity index (χ3n) is 9.82. The van der Waals surface area contributed by atoms with Gasteiger partial charge in [-0.05, 0) is 72.8 Å². The molecular formula is C42H25N5. The minimum atomic E-state index is 0.950. The summed E-state index contributed by atoms with van der Waals surface area (Å²) in [6.45, 7) is 0. The van der Waals surface area contributed by atoms with Crippen LogP contribution in [0.4, 0.5) is 0 Å². The lowest BCUT2D eigenvalue weighted by Crippen LogP contribution is -1.96. The summed E-state index contributed by atoms with van der Waals surface area (Å²) < 4.78 is 7.12. The van der Waals surface area contributed by atoms with Crippen LogP contribution in [0, 0.1) is 0 Å². The van der Waals surface area contributed by atoms with E-state index in [1.54, 1.807) is 0 Å². The van der Waals surface area contributed by atoms with E-state index in [0.29, 0.717) is 0 Å². The normalized spacial score (nSPS) is 12.3. The molecule has 0 amide bonds. The number of nitrogens with zero attached hydrogens (tertiary/aromatic N) is 5. The SMILES string of the molecule is c1ccc(-n2c3ccccc3c3c2ccc2c4c5c(ccc4n(-c4ccccc4)c23)c2nc3ccccc3n2c2cccnc52)cc1. The van der Waals surface area contributed by atoms with Crippen molar-refractivity contribution in [3.63, 3.8) is 0 Å². The standard InChI is InChI=1S/C42H25N5/c1-3-12-26(13-4-1)45-32-18-9-7-16-28(32)38-35(45)23-21-29-37-34(46(41(29)38)27-14-5-2-6-15-27)24-22-30-39(37)40-36(20-11-25-43-40)47-33-19-10-8-17-31(33)44-42(30)47/h1-25H. The van der Waals surface area contributed by atoms with Crippen molar-refractivity contribution in [2.45, 2.75) is 0 Å². The zero-order chi connectivity index (χ0) is 30.6. The molecule has 0 unspecified atom stereocenters. The van der Waals surface area contributed by atoms with Crippen LogP contribution in [0.3, 0.4) is 0 Å². The van der Waals surface area contributed by atoms with Crippen molar-refractivity contribution in [3.8, 4) is 11.4 Å². The summed E-state index contributed by atoms with van der Waals surface area (Å²) in [6.07, 6.45) is 1.91. The molecule has 11 rings (SSSR count). The van der Waals surface area contributed by atoms with Gasteiger partial charge in [-0.15, -0.1) is 0 Å². The number of benzene rings is 6. The van der Waals surface area contributed by atoms with Gasteiger partial charge in [0.15, 0.2) is 0 Å². The second-order valence-corrected chi connectivity index (χ2v) is 12.2. The Morgan fingerprint density at radius 1 is 0.404 bits per heavy atom. The number of pyridine rings is 2. The van der Waals surface area contributed by atoms with Crippen LogP contribution in [0.2, 0.25) is 0 Å². The zero-order valence-corrected chi connectivity index (χ0v) is 25.2. The van der Waals surface area contributed by atoms with E-state index in [-0.39, 0.29) is 0 Å². The first kappa shape index (κ1) is 24.8. The van der Waals surface area contributed by atoms with Gasteiger partial charge in [0.1, 0.15) is 5.65 Å². The van der Waals surface area contributed by atoms with E-state index in [9.17, 15) is 0 Å². The van der Waals surface area contributed by atoms with Crippen LogP contribution in [-0.2, 0) is 0 Å². The van der Waals surface area contributed by atoms with Crippen molar-refractivity contribution in [2.75, 3.05) is 0 Å². The number of fused-ring (bicyclic) bond motifs is 16. The van der Waals surface area contributed by atoms with Gasteiger partial charge in [-0.25, -0.2) is 4.98 Å². The van der Waals surface area contributed by atoms with Crippen molar-refractivity contribution in [2.24, 2.45) is 0 Å². The second kappa shape index (κ2) is 9.05. The summed E-state index contributed by atoms with van der Waals surface area (Å²) in [5.41, 5.74) is 12.0. The molecule has 0 aliphatic heterocycles. The van der Waals surface area contributed by atoms with E-state index in [1.807, 2.05) is 12.3 Å². The van der Waals surface area contributed by atoms with Crippen molar-refractivity contribution in [3.05, 3.63) is 152 Å². The van der Waals surface area contributed by atoms with Gasteiger partial charge in [-0.3, -0.25) is 9.38 Å². The Bertz CT molecular complexity index is 3060. The second-order valence-electron chi connectivity index (χ2n) is 12.2. The van der Waals surface area contributed by atoms with Gasteiger partial charge in [0.05, 0.1) is 44.1 Å². The van der Waals surface area contributed by atoms with Crippen LogP contribution in [0.15, 0.2) is 152 Å². The van der Waals surface area contributed by atoms with Crippen LogP contribution in [0.1, 0.15) is 0 Å². The first-order valence-corrected chi connectivity index (χ1v) is 15.9. The molecule has 0 bridgehead atoms. The van der Waals surface area contributed by atoms with E-state index >= 15 is 0 Å². The molecule has 0 saturated heterocycles. The summed E-state index contributed by atoms with van der Waals surface area (Å²) in [6, 6.07) is 51.9. The van der Waals surface area contributed by atoms with Gasteiger partial charge in [0.2, 0.25) is 0 Å². The molecule has 0 N–H and O–H groups in total. The van der Waals surface area contributed by atoms with Crippen LogP contribution in [0.5, 0.6) is 0 Å². The average molecular weight is 600 g/mol. The highest BCUT2D eigenvalue weighted by Gasteiger charge is 2.24. The predicted octanol–water partition coefficient (Wildman–Crippen LogP) is 10.4. The van der Waals surface area contributed by atoms with Crippen molar-refractivity contribution in [1.82, 2.24) is 23.5 Å². The maximum Gasteiger partial charge on any atom is 0.146 e. The molecule has 0 saturated carbocycles. The molecule has 11 aromatic rings. The highest BCUT2D eigenvalue weighted by molar-refractivity contribution is 6.34. The van der Waals surface area contributed by atoms with Gasteiger partial charge in [0, 0.05) is 49.9 Å². The summed E-state index contributed by atoms with van der Waals surface area (Å²) in [4.78, 5) is 10.3. The third kappa shape index (κ3) is 3.17. The largest absolute Gasteiger partial charge is 0.309 e. The Morgan fingerprint density at radius 2 is 1.04 bits per heavy atom. The predicted molar refractivity (Wildman–Crippen MR) is 194 cm³/mol. The Labute approximate surface area is 268 Å². The monoisotopic (exact) mass is 599 g/mol. The molecule has 218 valence electrons. The lowest BCUT2D eigenvalue weighted by molar-refractivity contribution is 1.17. The van der Waals surface area contributed by atoms with Gasteiger partial charge in [-0.2, -0.15) is 0 Å². The van der Waals surface area contributed by atoms with Gasteiger partial charge in [0.25, 0.3) is 0 Å². The van der Waals surface area contributed by atoms with Gasteiger partial charge in [-0.1, -0.05) is 72.8 Å². The molecule has 0 atom stereocenters. The van der Waals surface area contributed by atoms with E-state index < -0.39 is 0 Å². The van der Waals surface area contributed by atoms with Crippen LogP contribution < -0.4 is 0 Å². The Hall–Kier alpha value is -6.46. The van der Waals surface area contributed by atoms with Crippen LogP contribution >= 0.6 is 0 Å². The minimum absolute atomic E-state index is 0.950. The maximum absolute atomic E-state index is 5.20. The average Bonchev–Trinajstić information content (AvgIpc) is 3.80. The van der Waals surface area contributed by atoms with Crippen molar-refractivity contribution >= 4 is 82.1 Å². The number of hydrogen-bond donors (Lipinski definition) is 0. The molecule has 5 aromatic heterocycles. The molecule has 47 heavy (non-hydrogen) atoms. The minimum Gasteiger partial charge on any atom is -0.309 e. The van der Waals surface area contributed by atoms with E-state index in [0.717, 1.165) is 55.4 Å². The molecule has 5 heterocycles. The molecule has 0 fully saturated rings. The Balaban J connectivity index is 1.43. The summed E-state index contributed by atoms with van der Waals surface area (Å²) in [5.74, 6) is 0. The number of aromatic nitrogens is 5. The van der Waals surface area contributed by atoms with Gasteiger partial charge < -0.3 is 9.13 Å². The lowest BCUT2D eigenvalue weighted by Gasteiger charge is -2.11. The first-order chi connectivity index (χ1) is 23.4. The van der Waals surface area contributed by atoms with Gasteiger partial charge >= 0.3 is 0 Å². The Morgan fingerprint density at radius 3 is 1.85 bits per heavy atom. The highest BCUT2D eigenvalue weighted by Crippen LogP contribution is 2.45. The molecule has 0 spiro atoms. The zero-order valence-electron chi connectivity index (χ0n) is 25.2. The summed E-state index contributed by atoms with van der Waals surface area (Å²) in [5, 5.41) is 7.08. The first-order valence-electron chi connectivity index (χ1n) is 15.9. The topological polar surface area (TPSA) is 40.0 Å². The molecule has 6 aromatic carbocycles. The number of para-hydroxylation sites is 5. The van der Waals surface area contributed by atoms with Crippen LogP contribution in [-0.4, -0.2) is 23.5 Å². The van der Waals surface area contributed by atoms with E-state index in [4.69, 9.17) is 9.97 Å². The quantitative estimate of drug-likeness (QED) is 0.186.